The van der Waals surface area contributed by atoms with Gasteiger partial charge in [-0.15, -0.1) is 0 Å². The van der Waals surface area contributed by atoms with Gasteiger partial charge in [-0.05, 0) is 25.3 Å². The van der Waals surface area contributed by atoms with Gasteiger partial charge in [0, 0.05) is 25.3 Å². The van der Waals surface area contributed by atoms with Crippen molar-refractivity contribution in [2.45, 2.75) is 44.0 Å². The molecule has 2 aliphatic heterocycles. The van der Waals surface area contributed by atoms with E-state index in [1.165, 1.54) is 6.42 Å². The molecule has 122 valence electrons. The lowest BCUT2D eigenvalue weighted by Crippen LogP contribution is -2.33. The van der Waals surface area contributed by atoms with Crippen LogP contribution in [0.25, 0.3) is 0 Å². The number of alkyl halides is 3. The van der Waals surface area contributed by atoms with Gasteiger partial charge < -0.3 is 5.32 Å². The maximum absolute atomic E-state index is 12.6. The Morgan fingerprint density at radius 1 is 1.41 bits per heavy atom. The molecule has 0 spiro atoms. The van der Waals surface area contributed by atoms with E-state index in [4.69, 9.17) is 16.4 Å². The highest BCUT2D eigenvalue weighted by Gasteiger charge is 2.35. The summed E-state index contributed by atoms with van der Waals surface area (Å²) in [5, 5.41) is 4.97. The number of nitrogens with zero attached hydrogens (tertiary/aromatic N) is 2. The molecule has 0 bridgehead atoms. The van der Waals surface area contributed by atoms with Gasteiger partial charge in [0.15, 0.2) is 0 Å². The standard InChI is InChI=1S/C14H17ClF3N3O/c15-12-5-9(14(16,17)18)7-19-13(12)20-8-11-6-10-3-1-2-4-21(10)22-11/h5,7,10-11H,1-4,6,8H2,(H,19,20). The monoisotopic (exact) mass is 335 g/mol. The van der Waals surface area contributed by atoms with Gasteiger partial charge in [0.05, 0.1) is 16.7 Å². The van der Waals surface area contributed by atoms with Crippen molar-refractivity contribution in [2.24, 2.45) is 0 Å². The largest absolute Gasteiger partial charge is 0.417 e. The van der Waals surface area contributed by atoms with E-state index >= 15 is 0 Å². The molecule has 2 fully saturated rings. The first kappa shape index (κ1) is 15.8. The van der Waals surface area contributed by atoms with Gasteiger partial charge in [-0.25, -0.2) is 4.98 Å². The maximum atomic E-state index is 12.6. The van der Waals surface area contributed by atoms with Crippen LogP contribution in [0.2, 0.25) is 5.02 Å². The Morgan fingerprint density at radius 3 is 2.91 bits per heavy atom. The van der Waals surface area contributed by atoms with E-state index in [2.05, 4.69) is 10.3 Å². The Hall–Kier alpha value is -1.05. The molecule has 1 N–H and O–H groups in total. The van der Waals surface area contributed by atoms with Crippen molar-refractivity contribution in [3.8, 4) is 0 Å². The molecule has 1 aromatic rings. The molecule has 0 amide bonds. The summed E-state index contributed by atoms with van der Waals surface area (Å²) in [5.74, 6) is 0.253. The summed E-state index contributed by atoms with van der Waals surface area (Å²) in [4.78, 5) is 9.59. The normalized spacial score (nSPS) is 26.0. The predicted molar refractivity (Wildman–Crippen MR) is 76.6 cm³/mol. The summed E-state index contributed by atoms with van der Waals surface area (Å²) in [6, 6.07) is 1.34. The molecule has 22 heavy (non-hydrogen) atoms. The van der Waals surface area contributed by atoms with Crippen molar-refractivity contribution < 1.29 is 18.0 Å². The van der Waals surface area contributed by atoms with Crippen LogP contribution in [0, 0.1) is 0 Å². The second-order valence-electron chi connectivity index (χ2n) is 5.69. The van der Waals surface area contributed by atoms with Gasteiger partial charge in [-0.2, -0.15) is 18.2 Å². The molecule has 2 saturated heterocycles. The van der Waals surface area contributed by atoms with Crippen LogP contribution in [0.15, 0.2) is 12.3 Å². The van der Waals surface area contributed by atoms with Crippen LogP contribution < -0.4 is 5.32 Å². The molecule has 0 aromatic carbocycles. The summed E-state index contributed by atoms with van der Waals surface area (Å²) in [6.45, 7) is 1.42. The lowest BCUT2D eigenvalue weighted by molar-refractivity contribution is -0.167. The summed E-state index contributed by atoms with van der Waals surface area (Å²) >= 11 is 5.87. The van der Waals surface area contributed by atoms with Crippen LogP contribution >= 0.6 is 11.6 Å². The number of anilines is 1. The Kier molecular flexibility index (Phi) is 4.47. The molecule has 4 nitrogen and oxygen atoms in total. The van der Waals surface area contributed by atoms with Crippen molar-refractivity contribution in [3.05, 3.63) is 22.8 Å². The van der Waals surface area contributed by atoms with Gasteiger partial charge in [0.25, 0.3) is 0 Å². The Bertz CT molecular complexity index is 527. The Morgan fingerprint density at radius 2 is 2.23 bits per heavy atom. The molecule has 0 radical (unpaired) electrons. The van der Waals surface area contributed by atoms with Crippen LogP contribution in [0.5, 0.6) is 0 Å². The number of hydroxylamine groups is 2. The minimum Gasteiger partial charge on any atom is -0.366 e. The topological polar surface area (TPSA) is 37.4 Å². The summed E-state index contributed by atoms with van der Waals surface area (Å²) < 4.78 is 37.7. The molecule has 3 heterocycles. The highest BCUT2D eigenvalue weighted by atomic mass is 35.5. The average Bonchev–Trinajstić information content (AvgIpc) is 2.87. The number of pyridine rings is 1. The first-order chi connectivity index (χ1) is 10.4. The third-order valence-corrected chi connectivity index (χ3v) is 4.35. The molecule has 2 unspecified atom stereocenters. The number of piperidine rings is 1. The SMILES string of the molecule is FC(F)(F)c1cnc(NCC2CC3CCCCN3O2)c(Cl)c1. The molecule has 8 heteroatoms. The van der Waals surface area contributed by atoms with Gasteiger partial charge >= 0.3 is 6.18 Å². The zero-order valence-corrected chi connectivity index (χ0v) is 12.6. The van der Waals surface area contributed by atoms with Crippen molar-refractivity contribution in [2.75, 3.05) is 18.4 Å². The Balaban J connectivity index is 1.58. The van der Waals surface area contributed by atoms with Crippen LogP contribution in [0.4, 0.5) is 19.0 Å². The lowest BCUT2D eigenvalue weighted by Gasteiger charge is -2.26. The maximum Gasteiger partial charge on any atom is 0.417 e. The van der Waals surface area contributed by atoms with E-state index in [0.29, 0.717) is 12.6 Å². The smallest absolute Gasteiger partial charge is 0.366 e. The second-order valence-corrected chi connectivity index (χ2v) is 6.09. The van der Waals surface area contributed by atoms with Crippen molar-refractivity contribution in [3.63, 3.8) is 0 Å². The van der Waals surface area contributed by atoms with Gasteiger partial charge in [0.1, 0.15) is 5.82 Å². The van der Waals surface area contributed by atoms with Gasteiger partial charge in [-0.3, -0.25) is 4.84 Å². The van der Waals surface area contributed by atoms with E-state index in [1.54, 1.807) is 0 Å². The highest BCUT2D eigenvalue weighted by molar-refractivity contribution is 6.32. The molecule has 1 aromatic heterocycles. The summed E-state index contributed by atoms with van der Waals surface area (Å²) in [5.41, 5.74) is -0.850. The van der Waals surface area contributed by atoms with E-state index in [9.17, 15) is 13.2 Å². The molecule has 2 atom stereocenters. The minimum atomic E-state index is -4.44. The first-order valence-electron chi connectivity index (χ1n) is 7.33. The number of nitrogens with one attached hydrogen (secondary N) is 1. The zero-order chi connectivity index (χ0) is 15.7. The van der Waals surface area contributed by atoms with Gasteiger partial charge in [-0.1, -0.05) is 18.0 Å². The highest BCUT2D eigenvalue weighted by Crippen LogP contribution is 2.33. The van der Waals surface area contributed by atoms with Crippen LogP contribution in [-0.2, 0) is 11.0 Å². The van der Waals surface area contributed by atoms with E-state index in [0.717, 1.165) is 38.1 Å². The summed E-state index contributed by atoms with van der Waals surface area (Å²) in [7, 11) is 0. The van der Waals surface area contributed by atoms with Gasteiger partial charge in [0.2, 0.25) is 0 Å². The fourth-order valence-electron chi connectivity index (χ4n) is 2.94. The fraction of sp³-hybridized carbons (Fsp3) is 0.643. The van der Waals surface area contributed by atoms with Crippen molar-refractivity contribution >= 4 is 17.4 Å². The van der Waals surface area contributed by atoms with E-state index in [1.807, 2.05) is 5.06 Å². The second kappa shape index (κ2) is 6.22. The number of rotatable bonds is 3. The molecule has 3 rings (SSSR count). The summed E-state index contributed by atoms with van der Waals surface area (Å²) in [6.07, 6.45) is 0.768. The van der Waals surface area contributed by atoms with Crippen LogP contribution in [0.1, 0.15) is 31.2 Å². The quantitative estimate of drug-likeness (QED) is 0.913. The fourth-order valence-corrected chi connectivity index (χ4v) is 3.17. The number of hydrogen-bond donors (Lipinski definition) is 1. The first-order valence-corrected chi connectivity index (χ1v) is 7.71. The van der Waals surface area contributed by atoms with Crippen molar-refractivity contribution in [1.82, 2.24) is 10.0 Å². The number of aromatic nitrogens is 1. The minimum absolute atomic E-state index is 0.00302. The van der Waals surface area contributed by atoms with E-state index < -0.39 is 11.7 Å². The molecular weight excluding hydrogens is 319 g/mol. The number of halogens is 4. The van der Waals surface area contributed by atoms with Crippen LogP contribution in [0.3, 0.4) is 0 Å². The number of hydrogen-bond acceptors (Lipinski definition) is 4. The third-order valence-electron chi connectivity index (χ3n) is 4.06. The molecule has 2 aliphatic rings. The molecule has 0 saturated carbocycles. The van der Waals surface area contributed by atoms with Crippen molar-refractivity contribution in [1.29, 1.82) is 0 Å². The predicted octanol–water partition coefficient (Wildman–Crippen LogP) is 3.72. The van der Waals surface area contributed by atoms with E-state index in [-0.39, 0.29) is 16.9 Å². The van der Waals surface area contributed by atoms with Crippen LogP contribution in [-0.4, -0.2) is 35.3 Å². The number of fused-ring (bicyclic) bond motifs is 1. The average molecular weight is 336 g/mol. The zero-order valence-electron chi connectivity index (χ0n) is 11.9. The molecule has 0 aliphatic carbocycles. The Labute approximate surface area is 131 Å². The third kappa shape index (κ3) is 3.47. The molecular formula is C14H17ClF3N3O. The lowest BCUT2D eigenvalue weighted by atomic mass is 10.0.